The maximum absolute atomic E-state index is 12.5. The van der Waals surface area contributed by atoms with Crippen LogP contribution in [0.5, 0.6) is 5.75 Å². The average Bonchev–Trinajstić information content (AvgIpc) is 2.46. The third-order valence-corrected chi connectivity index (χ3v) is 3.90. The van der Waals surface area contributed by atoms with Crippen LogP contribution in [0.25, 0.3) is 0 Å². The van der Waals surface area contributed by atoms with Crippen molar-refractivity contribution in [2.45, 2.75) is 65.9 Å². The maximum atomic E-state index is 12.5. The summed E-state index contributed by atoms with van der Waals surface area (Å²) >= 11 is 0. The Balaban J connectivity index is 2.73. The molecule has 0 bridgehead atoms. The van der Waals surface area contributed by atoms with Crippen LogP contribution in [0, 0.1) is 11.3 Å². The van der Waals surface area contributed by atoms with Gasteiger partial charge in [0.05, 0.1) is 12.0 Å². The van der Waals surface area contributed by atoms with Crippen molar-refractivity contribution in [1.82, 2.24) is 0 Å². The number of hydrogen-bond donors (Lipinski definition) is 1. The largest absolute Gasteiger partial charge is 0.426 e. The average molecular weight is 306 g/mol. The maximum Gasteiger partial charge on any atom is 0.316 e. The minimum absolute atomic E-state index is 0.329. The molecular formula is C19H30O3. The molecule has 0 heterocycles. The highest BCUT2D eigenvalue weighted by Gasteiger charge is 2.36. The molecule has 0 aliphatic heterocycles. The Kier molecular flexibility index (Phi) is 7.60. The number of carbonyl (C=O) groups excluding carboxylic acids is 1. The first-order valence-electron chi connectivity index (χ1n) is 8.31. The SMILES string of the molecule is CCCCCCC(C(=O)Oc1ccccc1)C(O)C(C)(C)C. The van der Waals surface area contributed by atoms with E-state index in [1.807, 2.05) is 39.0 Å². The smallest absolute Gasteiger partial charge is 0.316 e. The fourth-order valence-electron chi connectivity index (χ4n) is 2.48. The summed E-state index contributed by atoms with van der Waals surface area (Å²) in [5.74, 6) is -0.269. The minimum atomic E-state index is -0.703. The monoisotopic (exact) mass is 306 g/mol. The number of rotatable bonds is 8. The second-order valence-corrected chi connectivity index (χ2v) is 7.00. The van der Waals surface area contributed by atoms with E-state index in [1.165, 1.54) is 0 Å². The van der Waals surface area contributed by atoms with Crippen LogP contribution in [-0.2, 0) is 4.79 Å². The number of aliphatic hydroxyl groups excluding tert-OH is 1. The molecule has 1 aromatic rings. The molecule has 0 saturated carbocycles. The van der Waals surface area contributed by atoms with Crippen molar-refractivity contribution in [3.63, 3.8) is 0 Å². The summed E-state index contributed by atoms with van der Waals surface area (Å²) < 4.78 is 5.45. The van der Waals surface area contributed by atoms with Crippen LogP contribution in [0.3, 0.4) is 0 Å². The van der Waals surface area contributed by atoms with Crippen LogP contribution in [-0.4, -0.2) is 17.2 Å². The van der Waals surface area contributed by atoms with E-state index < -0.39 is 12.0 Å². The van der Waals surface area contributed by atoms with Gasteiger partial charge >= 0.3 is 5.97 Å². The number of carbonyl (C=O) groups is 1. The molecule has 3 heteroatoms. The molecule has 0 fully saturated rings. The Labute approximate surface area is 134 Å². The van der Waals surface area contributed by atoms with Gasteiger partial charge in [-0.1, -0.05) is 71.6 Å². The van der Waals surface area contributed by atoms with Crippen molar-refractivity contribution in [3.8, 4) is 5.75 Å². The van der Waals surface area contributed by atoms with Gasteiger partial charge in [0.25, 0.3) is 0 Å². The Morgan fingerprint density at radius 3 is 2.32 bits per heavy atom. The molecule has 124 valence electrons. The third kappa shape index (κ3) is 6.18. The lowest BCUT2D eigenvalue weighted by molar-refractivity contribution is -0.146. The summed E-state index contributed by atoms with van der Waals surface area (Å²) in [5, 5.41) is 10.5. The lowest BCUT2D eigenvalue weighted by Crippen LogP contribution is -2.40. The number of aliphatic hydroxyl groups is 1. The zero-order valence-electron chi connectivity index (χ0n) is 14.3. The molecule has 0 radical (unpaired) electrons. The van der Waals surface area contributed by atoms with Crippen LogP contribution in [0.15, 0.2) is 30.3 Å². The molecule has 3 nitrogen and oxygen atoms in total. The Morgan fingerprint density at radius 1 is 1.14 bits per heavy atom. The van der Waals surface area contributed by atoms with Crippen molar-refractivity contribution in [3.05, 3.63) is 30.3 Å². The number of hydrogen-bond acceptors (Lipinski definition) is 3. The number of benzene rings is 1. The molecular weight excluding hydrogens is 276 g/mol. The topological polar surface area (TPSA) is 46.5 Å². The Bertz CT molecular complexity index is 434. The highest BCUT2D eigenvalue weighted by atomic mass is 16.5. The first-order chi connectivity index (χ1) is 10.4. The lowest BCUT2D eigenvalue weighted by Gasteiger charge is -2.31. The van der Waals surface area contributed by atoms with Crippen LogP contribution >= 0.6 is 0 Å². The summed E-state index contributed by atoms with van der Waals surface area (Å²) in [4.78, 5) is 12.5. The van der Waals surface area contributed by atoms with E-state index in [9.17, 15) is 9.90 Å². The number of esters is 1. The molecule has 1 rings (SSSR count). The van der Waals surface area contributed by atoms with Gasteiger partial charge in [0.2, 0.25) is 0 Å². The number of para-hydroxylation sites is 1. The van der Waals surface area contributed by atoms with Crippen LogP contribution in [0.4, 0.5) is 0 Å². The summed E-state index contributed by atoms with van der Waals surface area (Å²) in [7, 11) is 0. The van der Waals surface area contributed by atoms with Gasteiger partial charge < -0.3 is 9.84 Å². The molecule has 0 saturated heterocycles. The summed E-state index contributed by atoms with van der Waals surface area (Å²) in [6.07, 6.45) is 4.31. The van der Waals surface area contributed by atoms with Crippen molar-refractivity contribution in [2.75, 3.05) is 0 Å². The second kappa shape index (κ2) is 8.94. The van der Waals surface area contributed by atoms with Gasteiger partial charge in [-0.2, -0.15) is 0 Å². The Morgan fingerprint density at radius 2 is 1.77 bits per heavy atom. The minimum Gasteiger partial charge on any atom is -0.426 e. The van der Waals surface area contributed by atoms with E-state index in [4.69, 9.17) is 4.74 Å². The van der Waals surface area contributed by atoms with Gasteiger partial charge in [0.1, 0.15) is 5.75 Å². The molecule has 2 atom stereocenters. The fourth-order valence-corrected chi connectivity index (χ4v) is 2.48. The van der Waals surface area contributed by atoms with E-state index >= 15 is 0 Å². The van der Waals surface area contributed by atoms with Crippen molar-refractivity contribution >= 4 is 5.97 Å². The summed E-state index contributed by atoms with van der Waals surface area (Å²) in [6, 6.07) is 9.06. The first kappa shape index (κ1) is 18.7. The molecule has 0 aliphatic rings. The molecule has 2 unspecified atom stereocenters. The van der Waals surface area contributed by atoms with E-state index in [0.717, 1.165) is 25.7 Å². The molecule has 1 aromatic carbocycles. The predicted octanol–water partition coefficient (Wildman–Crippen LogP) is 4.59. The van der Waals surface area contributed by atoms with Gasteiger partial charge in [-0.25, -0.2) is 0 Å². The zero-order valence-corrected chi connectivity index (χ0v) is 14.3. The quantitative estimate of drug-likeness (QED) is 0.434. The van der Waals surface area contributed by atoms with E-state index in [-0.39, 0.29) is 11.4 Å². The van der Waals surface area contributed by atoms with E-state index in [2.05, 4.69) is 6.92 Å². The van der Waals surface area contributed by atoms with Crippen molar-refractivity contribution < 1.29 is 14.6 Å². The van der Waals surface area contributed by atoms with E-state index in [0.29, 0.717) is 12.2 Å². The highest BCUT2D eigenvalue weighted by molar-refractivity contribution is 5.75. The summed E-state index contributed by atoms with van der Waals surface area (Å²) in [5.41, 5.74) is -0.342. The fraction of sp³-hybridized carbons (Fsp3) is 0.632. The van der Waals surface area contributed by atoms with Crippen molar-refractivity contribution in [1.29, 1.82) is 0 Å². The van der Waals surface area contributed by atoms with Gasteiger partial charge in [0.15, 0.2) is 0 Å². The van der Waals surface area contributed by atoms with Crippen LogP contribution < -0.4 is 4.74 Å². The van der Waals surface area contributed by atoms with E-state index in [1.54, 1.807) is 12.1 Å². The lowest BCUT2D eigenvalue weighted by atomic mass is 9.79. The number of unbranched alkanes of at least 4 members (excludes halogenated alkanes) is 3. The van der Waals surface area contributed by atoms with Crippen LogP contribution in [0.2, 0.25) is 0 Å². The van der Waals surface area contributed by atoms with Crippen LogP contribution in [0.1, 0.15) is 59.8 Å². The molecule has 0 spiro atoms. The third-order valence-electron chi connectivity index (χ3n) is 3.90. The second-order valence-electron chi connectivity index (χ2n) is 7.00. The summed E-state index contributed by atoms with van der Waals surface area (Å²) in [6.45, 7) is 8.01. The molecule has 0 aromatic heterocycles. The zero-order chi connectivity index (χ0) is 16.6. The number of ether oxygens (including phenoxy) is 1. The molecule has 22 heavy (non-hydrogen) atoms. The van der Waals surface area contributed by atoms with Gasteiger partial charge in [-0.05, 0) is 24.0 Å². The normalized spacial score (nSPS) is 14.4. The van der Waals surface area contributed by atoms with Gasteiger partial charge in [-0.15, -0.1) is 0 Å². The standard InChI is InChI=1S/C19H30O3/c1-5-6-7-11-14-16(17(20)19(2,3)4)18(21)22-15-12-9-8-10-13-15/h8-10,12-13,16-17,20H,5-7,11,14H2,1-4H3. The van der Waals surface area contributed by atoms with Gasteiger partial charge in [0, 0.05) is 0 Å². The molecule has 1 N–H and O–H groups in total. The molecule has 0 aliphatic carbocycles. The highest BCUT2D eigenvalue weighted by Crippen LogP contribution is 2.30. The van der Waals surface area contributed by atoms with Gasteiger partial charge in [-0.3, -0.25) is 4.79 Å². The first-order valence-corrected chi connectivity index (χ1v) is 8.31. The predicted molar refractivity (Wildman–Crippen MR) is 89.8 cm³/mol. The van der Waals surface area contributed by atoms with Crippen molar-refractivity contribution in [2.24, 2.45) is 11.3 Å². The Hall–Kier alpha value is -1.35. The molecule has 0 amide bonds.